The quantitative estimate of drug-likeness (QED) is 0.812. The molecule has 0 aliphatic carbocycles. The van der Waals surface area contributed by atoms with Crippen LogP contribution in [0.15, 0.2) is 60.7 Å². The summed E-state index contributed by atoms with van der Waals surface area (Å²) in [4.78, 5) is 15.4. The number of carbonyl (C=O) groups is 1. The number of benzene rings is 2. The average molecular weight is 350 g/mol. The molecule has 0 saturated carbocycles. The Morgan fingerprint density at radius 2 is 1.69 bits per heavy atom. The number of hydrogen-bond acceptors (Lipinski definition) is 4. The Hall–Kier alpha value is -2.33. The molecule has 3 aliphatic rings. The van der Waals surface area contributed by atoms with Crippen LogP contribution in [0.3, 0.4) is 0 Å². The normalized spacial score (nSPS) is 25.5. The van der Waals surface area contributed by atoms with Crippen LogP contribution in [0.2, 0.25) is 0 Å². The van der Waals surface area contributed by atoms with Gasteiger partial charge in [-0.25, -0.2) is 4.79 Å². The Morgan fingerprint density at radius 1 is 1.04 bits per heavy atom. The van der Waals surface area contributed by atoms with Gasteiger partial charge in [-0.3, -0.25) is 4.90 Å². The first-order valence-electron chi connectivity index (χ1n) is 9.56. The predicted molar refractivity (Wildman–Crippen MR) is 103 cm³/mol. The SMILES string of the molecule is O=C(O[C@H]1CN2CCC1CC2)[C@@H](Cc1ccccc1)Nc1ccccc1. The van der Waals surface area contributed by atoms with Crippen LogP contribution < -0.4 is 5.32 Å². The van der Waals surface area contributed by atoms with Gasteiger partial charge in [0.05, 0.1) is 0 Å². The summed E-state index contributed by atoms with van der Waals surface area (Å²) in [6.45, 7) is 3.18. The van der Waals surface area contributed by atoms with Crippen molar-refractivity contribution in [1.29, 1.82) is 0 Å². The van der Waals surface area contributed by atoms with Gasteiger partial charge in [-0.05, 0) is 49.5 Å². The van der Waals surface area contributed by atoms with Crippen molar-refractivity contribution in [3.05, 3.63) is 66.2 Å². The van der Waals surface area contributed by atoms with Crippen LogP contribution in [-0.2, 0) is 16.0 Å². The number of nitrogens with one attached hydrogen (secondary N) is 1. The molecule has 1 N–H and O–H groups in total. The molecule has 3 aliphatic heterocycles. The van der Waals surface area contributed by atoms with Crippen LogP contribution in [0, 0.1) is 5.92 Å². The van der Waals surface area contributed by atoms with E-state index < -0.39 is 0 Å². The molecule has 4 nitrogen and oxygen atoms in total. The molecule has 3 saturated heterocycles. The van der Waals surface area contributed by atoms with Crippen molar-refractivity contribution in [3.8, 4) is 0 Å². The molecule has 0 unspecified atom stereocenters. The minimum Gasteiger partial charge on any atom is -0.459 e. The highest BCUT2D eigenvalue weighted by atomic mass is 16.5. The molecule has 4 heteroatoms. The lowest BCUT2D eigenvalue weighted by atomic mass is 9.86. The summed E-state index contributed by atoms with van der Waals surface area (Å²) in [5, 5.41) is 3.37. The number of hydrogen-bond donors (Lipinski definition) is 1. The van der Waals surface area contributed by atoms with E-state index in [2.05, 4.69) is 22.3 Å². The second-order valence-electron chi connectivity index (χ2n) is 7.37. The molecule has 5 rings (SSSR count). The van der Waals surface area contributed by atoms with E-state index in [-0.39, 0.29) is 18.1 Å². The van der Waals surface area contributed by atoms with Crippen molar-refractivity contribution in [2.24, 2.45) is 5.92 Å². The van der Waals surface area contributed by atoms with E-state index in [0.717, 1.165) is 43.7 Å². The molecular formula is C22H26N2O2. The first-order valence-corrected chi connectivity index (χ1v) is 9.56. The maximum Gasteiger partial charge on any atom is 0.329 e. The van der Waals surface area contributed by atoms with Crippen molar-refractivity contribution >= 4 is 11.7 Å². The fourth-order valence-electron chi connectivity index (χ4n) is 4.05. The highest BCUT2D eigenvalue weighted by Crippen LogP contribution is 2.30. The van der Waals surface area contributed by atoms with Gasteiger partial charge in [-0.2, -0.15) is 0 Å². The molecule has 2 bridgehead atoms. The van der Waals surface area contributed by atoms with E-state index >= 15 is 0 Å². The molecule has 2 aromatic rings. The number of nitrogens with zero attached hydrogens (tertiary/aromatic N) is 1. The van der Waals surface area contributed by atoms with E-state index in [9.17, 15) is 4.79 Å². The lowest BCUT2D eigenvalue weighted by Gasteiger charge is -2.44. The molecule has 26 heavy (non-hydrogen) atoms. The van der Waals surface area contributed by atoms with Gasteiger partial charge in [0.25, 0.3) is 0 Å². The van der Waals surface area contributed by atoms with Crippen molar-refractivity contribution in [3.63, 3.8) is 0 Å². The highest BCUT2D eigenvalue weighted by molar-refractivity contribution is 5.80. The first-order chi connectivity index (χ1) is 12.8. The molecule has 2 atom stereocenters. The number of piperidine rings is 3. The smallest absolute Gasteiger partial charge is 0.329 e. The van der Waals surface area contributed by atoms with Crippen LogP contribution in [0.4, 0.5) is 5.69 Å². The van der Waals surface area contributed by atoms with E-state index in [1.165, 1.54) is 0 Å². The monoisotopic (exact) mass is 350 g/mol. The second kappa shape index (κ2) is 7.92. The van der Waals surface area contributed by atoms with Crippen LogP contribution in [0.25, 0.3) is 0 Å². The van der Waals surface area contributed by atoms with Crippen LogP contribution in [0.5, 0.6) is 0 Å². The predicted octanol–water partition coefficient (Wildman–Crippen LogP) is 3.35. The summed E-state index contributed by atoms with van der Waals surface area (Å²) < 4.78 is 5.99. The van der Waals surface area contributed by atoms with Gasteiger partial charge in [0.2, 0.25) is 0 Å². The summed E-state index contributed by atoms with van der Waals surface area (Å²) >= 11 is 0. The summed E-state index contributed by atoms with van der Waals surface area (Å²) in [5.41, 5.74) is 2.08. The van der Waals surface area contributed by atoms with Gasteiger partial charge in [-0.1, -0.05) is 48.5 Å². The molecular weight excluding hydrogens is 324 g/mol. The van der Waals surface area contributed by atoms with Crippen LogP contribution in [0.1, 0.15) is 18.4 Å². The summed E-state index contributed by atoms with van der Waals surface area (Å²) in [7, 11) is 0. The van der Waals surface area contributed by atoms with Crippen molar-refractivity contribution in [2.75, 3.05) is 25.0 Å². The largest absolute Gasteiger partial charge is 0.459 e. The minimum absolute atomic E-state index is 0.0425. The van der Waals surface area contributed by atoms with E-state index in [0.29, 0.717) is 12.3 Å². The van der Waals surface area contributed by atoms with Crippen molar-refractivity contribution in [2.45, 2.75) is 31.4 Å². The Bertz CT molecular complexity index is 670. The average Bonchev–Trinajstić information content (AvgIpc) is 2.70. The van der Waals surface area contributed by atoms with Crippen molar-refractivity contribution < 1.29 is 9.53 Å². The highest BCUT2D eigenvalue weighted by Gasteiger charge is 2.37. The maximum atomic E-state index is 13.0. The third-order valence-corrected chi connectivity index (χ3v) is 5.55. The lowest BCUT2D eigenvalue weighted by molar-refractivity contribution is -0.159. The van der Waals surface area contributed by atoms with E-state index in [1.807, 2.05) is 48.5 Å². The number of ether oxygens (including phenoxy) is 1. The third kappa shape index (κ3) is 4.07. The fourth-order valence-corrected chi connectivity index (χ4v) is 4.05. The second-order valence-corrected chi connectivity index (χ2v) is 7.37. The van der Waals surface area contributed by atoms with Crippen molar-refractivity contribution in [1.82, 2.24) is 4.90 Å². The van der Waals surface area contributed by atoms with Gasteiger partial charge < -0.3 is 10.1 Å². The zero-order chi connectivity index (χ0) is 17.8. The minimum atomic E-state index is -0.379. The van der Waals surface area contributed by atoms with Gasteiger partial charge in [0, 0.05) is 18.7 Å². The topological polar surface area (TPSA) is 41.6 Å². The number of anilines is 1. The van der Waals surface area contributed by atoms with E-state index in [1.54, 1.807) is 0 Å². The summed E-state index contributed by atoms with van der Waals surface area (Å²) in [6.07, 6.45) is 2.96. The lowest BCUT2D eigenvalue weighted by Crippen LogP contribution is -2.53. The maximum absolute atomic E-state index is 13.0. The van der Waals surface area contributed by atoms with Crippen LogP contribution >= 0.6 is 0 Å². The van der Waals surface area contributed by atoms with E-state index in [4.69, 9.17) is 4.74 Å². The van der Waals surface area contributed by atoms with Gasteiger partial charge in [-0.15, -0.1) is 0 Å². The number of fused-ring (bicyclic) bond motifs is 3. The first kappa shape index (κ1) is 17.1. The molecule has 0 aromatic heterocycles. The molecule has 136 valence electrons. The van der Waals surface area contributed by atoms with Crippen LogP contribution in [-0.4, -0.2) is 42.6 Å². The number of carbonyl (C=O) groups excluding carboxylic acids is 1. The number of rotatable bonds is 6. The Kier molecular flexibility index (Phi) is 5.21. The summed E-state index contributed by atoms with van der Waals surface area (Å²) in [6, 6.07) is 19.6. The Balaban J connectivity index is 1.46. The molecule has 0 spiro atoms. The zero-order valence-corrected chi connectivity index (χ0v) is 15.0. The van der Waals surface area contributed by atoms with Gasteiger partial charge >= 0.3 is 5.97 Å². The number of esters is 1. The molecule has 3 fully saturated rings. The molecule has 2 aromatic carbocycles. The number of para-hydroxylation sites is 1. The molecule has 0 amide bonds. The van der Waals surface area contributed by atoms with Gasteiger partial charge in [0.15, 0.2) is 0 Å². The third-order valence-electron chi connectivity index (χ3n) is 5.55. The Labute approximate surface area is 155 Å². The van der Waals surface area contributed by atoms with Gasteiger partial charge in [0.1, 0.15) is 12.1 Å². The molecule has 3 heterocycles. The molecule has 0 radical (unpaired) electrons. The zero-order valence-electron chi connectivity index (χ0n) is 15.0. The Morgan fingerprint density at radius 3 is 2.31 bits per heavy atom. The summed E-state index contributed by atoms with van der Waals surface area (Å²) in [5.74, 6) is 0.384. The standard InChI is InChI=1S/C22H26N2O2/c25-22(26-21-16-24-13-11-18(21)12-14-24)20(15-17-7-3-1-4-8-17)23-19-9-5-2-6-10-19/h1-10,18,20-21,23H,11-16H2/t20-,21+/m1/s1. The fraction of sp³-hybridized carbons (Fsp3) is 0.409.